The average molecular weight is 160 g/mol. The lowest BCUT2D eigenvalue weighted by molar-refractivity contribution is 0.364. The Kier molecular flexibility index (Phi) is 3.23. The van der Waals surface area contributed by atoms with Gasteiger partial charge in [-0.05, 0) is 18.9 Å². The van der Waals surface area contributed by atoms with Crippen molar-refractivity contribution in [1.29, 1.82) is 0 Å². The van der Waals surface area contributed by atoms with Gasteiger partial charge in [0.2, 0.25) is 0 Å². The van der Waals surface area contributed by atoms with E-state index in [0.29, 0.717) is 0 Å². The van der Waals surface area contributed by atoms with Crippen LogP contribution < -0.4 is 0 Å². The Bertz CT molecular complexity index is 122. The van der Waals surface area contributed by atoms with Crippen LogP contribution in [0.5, 0.6) is 0 Å². The van der Waals surface area contributed by atoms with E-state index in [1.165, 1.54) is 19.5 Å². The summed E-state index contributed by atoms with van der Waals surface area (Å²) in [5, 5.41) is 0. The Morgan fingerprint density at radius 1 is 1.70 bits per heavy atom. The summed E-state index contributed by atoms with van der Waals surface area (Å²) in [5.74, 6) is 0.878. The van der Waals surface area contributed by atoms with E-state index < -0.39 is 0 Å². The summed E-state index contributed by atoms with van der Waals surface area (Å²) in [6, 6.07) is 0. The second-order valence-electron chi connectivity index (χ2n) is 3.02. The van der Waals surface area contributed by atoms with E-state index in [2.05, 4.69) is 11.8 Å². The third-order valence-corrected chi connectivity index (χ3v) is 2.14. The van der Waals surface area contributed by atoms with Crippen molar-refractivity contribution in [2.45, 2.75) is 13.3 Å². The molecule has 2 heteroatoms. The van der Waals surface area contributed by atoms with Crippen LogP contribution in [0.1, 0.15) is 13.3 Å². The number of halogens is 1. The Balaban J connectivity index is 2.18. The van der Waals surface area contributed by atoms with E-state index in [9.17, 15) is 0 Å². The summed E-state index contributed by atoms with van der Waals surface area (Å²) < 4.78 is 0. The molecule has 0 aliphatic carbocycles. The topological polar surface area (TPSA) is 3.24 Å². The zero-order valence-electron chi connectivity index (χ0n) is 6.39. The molecule has 0 aromatic heterocycles. The first kappa shape index (κ1) is 8.09. The molecule has 0 spiro atoms. The van der Waals surface area contributed by atoms with E-state index in [4.69, 9.17) is 11.6 Å². The van der Waals surface area contributed by atoms with E-state index in [0.717, 1.165) is 12.5 Å². The summed E-state index contributed by atoms with van der Waals surface area (Å²) in [7, 11) is 0. The van der Waals surface area contributed by atoms with Crippen LogP contribution in [0.4, 0.5) is 0 Å². The van der Waals surface area contributed by atoms with Crippen LogP contribution in [0.25, 0.3) is 0 Å². The van der Waals surface area contributed by atoms with Gasteiger partial charge in [-0.3, -0.25) is 4.90 Å². The van der Waals surface area contributed by atoms with Gasteiger partial charge in [0, 0.05) is 18.6 Å². The highest BCUT2D eigenvalue weighted by Crippen LogP contribution is 2.14. The van der Waals surface area contributed by atoms with Gasteiger partial charge in [-0.1, -0.05) is 24.6 Å². The van der Waals surface area contributed by atoms with Gasteiger partial charge < -0.3 is 0 Å². The molecular formula is C8H14ClN. The largest absolute Gasteiger partial charge is 0.299 e. The quantitative estimate of drug-likeness (QED) is 0.597. The number of rotatable bonds is 2. The fourth-order valence-electron chi connectivity index (χ4n) is 1.38. The van der Waals surface area contributed by atoms with Gasteiger partial charge in [0.1, 0.15) is 0 Å². The molecular weight excluding hydrogens is 146 g/mol. The smallest absolute Gasteiger partial charge is 0.0174 e. The molecule has 1 saturated heterocycles. The number of hydrogen-bond donors (Lipinski definition) is 0. The first-order chi connectivity index (χ1) is 4.83. The summed E-state index contributed by atoms with van der Waals surface area (Å²) in [6.45, 7) is 5.79. The minimum atomic E-state index is 0.878. The lowest BCUT2D eigenvalue weighted by Gasteiger charge is -2.10. The van der Waals surface area contributed by atoms with Crippen molar-refractivity contribution in [3.63, 3.8) is 0 Å². The van der Waals surface area contributed by atoms with E-state index in [-0.39, 0.29) is 0 Å². The standard InChI is InChI=1S/C8H14ClN/c1-8-3-6-10(7-8)5-2-4-9/h2,4,8H,3,5-7H2,1H3/b4-2+. The van der Waals surface area contributed by atoms with Crippen LogP contribution in [-0.4, -0.2) is 24.5 Å². The lowest BCUT2D eigenvalue weighted by Crippen LogP contribution is -2.19. The maximum atomic E-state index is 5.41. The highest BCUT2D eigenvalue weighted by atomic mass is 35.5. The summed E-state index contributed by atoms with van der Waals surface area (Å²) >= 11 is 5.41. The van der Waals surface area contributed by atoms with Crippen molar-refractivity contribution in [3.8, 4) is 0 Å². The molecule has 0 radical (unpaired) electrons. The molecule has 0 bridgehead atoms. The normalized spacial score (nSPS) is 28.4. The molecule has 1 nitrogen and oxygen atoms in total. The monoisotopic (exact) mass is 159 g/mol. The van der Waals surface area contributed by atoms with Crippen LogP contribution in [0.2, 0.25) is 0 Å². The Hall–Kier alpha value is -0.0100. The molecule has 1 fully saturated rings. The van der Waals surface area contributed by atoms with Gasteiger partial charge >= 0.3 is 0 Å². The number of nitrogens with zero attached hydrogens (tertiary/aromatic N) is 1. The zero-order valence-corrected chi connectivity index (χ0v) is 7.14. The molecule has 1 unspecified atom stereocenters. The summed E-state index contributed by atoms with van der Waals surface area (Å²) in [5.41, 5.74) is 1.60. The first-order valence-electron chi connectivity index (χ1n) is 3.80. The average Bonchev–Trinajstić information content (AvgIpc) is 2.31. The second kappa shape index (κ2) is 3.99. The lowest BCUT2D eigenvalue weighted by atomic mass is 10.2. The molecule has 1 aliphatic rings. The molecule has 58 valence electrons. The number of likely N-dealkylation sites (tertiary alicyclic amines) is 1. The molecule has 1 heterocycles. The van der Waals surface area contributed by atoms with Gasteiger partial charge in [0.05, 0.1) is 0 Å². The number of hydrogen-bond acceptors (Lipinski definition) is 1. The Labute approximate surface area is 67.7 Å². The third-order valence-electron chi connectivity index (χ3n) is 1.96. The van der Waals surface area contributed by atoms with Gasteiger partial charge in [-0.15, -0.1) is 0 Å². The predicted molar refractivity (Wildman–Crippen MR) is 45.2 cm³/mol. The maximum Gasteiger partial charge on any atom is 0.0174 e. The Morgan fingerprint density at radius 3 is 3.00 bits per heavy atom. The van der Waals surface area contributed by atoms with Crippen molar-refractivity contribution in [3.05, 3.63) is 11.6 Å². The van der Waals surface area contributed by atoms with Crippen molar-refractivity contribution in [1.82, 2.24) is 4.90 Å². The highest BCUT2D eigenvalue weighted by molar-refractivity contribution is 6.25. The van der Waals surface area contributed by atoms with Gasteiger partial charge in [0.15, 0.2) is 0 Å². The molecule has 0 saturated carbocycles. The highest BCUT2D eigenvalue weighted by Gasteiger charge is 2.16. The molecule has 0 aromatic rings. The van der Waals surface area contributed by atoms with Crippen molar-refractivity contribution in [2.75, 3.05) is 19.6 Å². The van der Waals surface area contributed by atoms with E-state index in [1.807, 2.05) is 6.08 Å². The third kappa shape index (κ3) is 2.31. The fourth-order valence-corrected chi connectivity index (χ4v) is 1.46. The molecule has 0 N–H and O–H groups in total. The molecule has 10 heavy (non-hydrogen) atoms. The minimum absolute atomic E-state index is 0.878. The van der Waals surface area contributed by atoms with Gasteiger partial charge in [0.25, 0.3) is 0 Å². The van der Waals surface area contributed by atoms with Crippen LogP contribution >= 0.6 is 11.6 Å². The van der Waals surface area contributed by atoms with Crippen molar-refractivity contribution < 1.29 is 0 Å². The molecule has 0 aromatic carbocycles. The Morgan fingerprint density at radius 2 is 2.50 bits per heavy atom. The fraction of sp³-hybridized carbons (Fsp3) is 0.750. The summed E-state index contributed by atoms with van der Waals surface area (Å²) in [4.78, 5) is 2.42. The van der Waals surface area contributed by atoms with Crippen LogP contribution in [-0.2, 0) is 0 Å². The predicted octanol–water partition coefficient (Wildman–Crippen LogP) is 2.08. The molecule has 1 atom stereocenters. The first-order valence-corrected chi connectivity index (χ1v) is 4.24. The maximum absolute atomic E-state index is 5.41. The zero-order chi connectivity index (χ0) is 7.40. The van der Waals surface area contributed by atoms with Crippen molar-refractivity contribution >= 4 is 11.6 Å². The molecule has 1 rings (SSSR count). The van der Waals surface area contributed by atoms with Crippen LogP contribution in [0.3, 0.4) is 0 Å². The summed E-state index contributed by atoms with van der Waals surface area (Å²) in [6.07, 6.45) is 3.34. The molecule has 1 aliphatic heterocycles. The van der Waals surface area contributed by atoms with Gasteiger partial charge in [-0.2, -0.15) is 0 Å². The van der Waals surface area contributed by atoms with Crippen molar-refractivity contribution in [2.24, 2.45) is 5.92 Å². The van der Waals surface area contributed by atoms with Crippen LogP contribution in [0.15, 0.2) is 11.6 Å². The van der Waals surface area contributed by atoms with E-state index in [1.54, 1.807) is 5.54 Å². The second-order valence-corrected chi connectivity index (χ2v) is 3.27. The molecule has 0 amide bonds. The SMILES string of the molecule is CC1CCN(C/C=C/Cl)C1. The minimum Gasteiger partial charge on any atom is -0.299 e. The van der Waals surface area contributed by atoms with Crippen LogP contribution in [0, 0.1) is 5.92 Å². The van der Waals surface area contributed by atoms with Gasteiger partial charge in [-0.25, -0.2) is 0 Å². The van der Waals surface area contributed by atoms with E-state index >= 15 is 0 Å².